The van der Waals surface area contributed by atoms with E-state index in [1.807, 2.05) is 7.05 Å². The van der Waals surface area contributed by atoms with Gasteiger partial charge in [-0.15, -0.1) is 0 Å². The zero-order chi connectivity index (χ0) is 17.6. The molecule has 0 saturated carbocycles. The predicted octanol–water partition coefficient (Wildman–Crippen LogP) is 2.60. The number of amides is 1. The van der Waals surface area contributed by atoms with Gasteiger partial charge in [0, 0.05) is 24.6 Å². The van der Waals surface area contributed by atoms with Gasteiger partial charge in [-0.05, 0) is 38.6 Å². The molecule has 0 radical (unpaired) electrons. The summed E-state index contributed by atoms with van der Waals surface area (Å²) in [5.41, 5.74) is 0.931. The summed E-state index contributed by atoms with van der Waals surface area (Å²) in [6.45, 7) is 1.89. The van der Waals surface area contributed by atoms with E-state index >= 15 is 0 Å². The number of hydrogen-bond donors (Lipinski definition) is 0. The second-order valence-electron chi connectivity index (χ2n) is 6.70. The maximum absolute atomic E-state index is 13.4. The van der Waals surface area contributed by atoms with Crippen molar-refractivity contribution < 1.29 is 18.0 Å². The summed E-state index contributed by atoms with van der Waals surface area (Å²) in [5.74, 6) is -0.356. The Labute approximate surface area is 144 Å². The Bertz CT molecular complexity index is 800. The van der Waals surface area contributed by atoms with Crippen molar-refractivity contribution in [2.24, 2.45) is 0 Å². The van der Waals surface area contributed by atoms with E-state index in [0.717, 1.165) is 25.5 Å². The number of halogens is 2. The largest absolute Gasteiger partial charge is 0.441 e. The minimum Gasteiger partial charge on any atom is -0.441 e. The zero-order valence-electron chi connectivity index (χ0n) is 14.0. The number of rotatable bonds is 2. The van der Waals surface area contributed by atoms with Crippen LogP contribution >= 0.6 is 0 Å². The quantitative estimate of drug-likeness (QED) is 0.838. The van der Waals surface area contributed by atoms with E-state index in [4.69, 9.17) is 4.42 Å². The topological polar surface area (TPSA) is 49.6 Å². The van der Waals surface area contributed by atoms with Gasteiger partial charge in [0.1, 0.15) is 23.1 Å². The molecule has 0 unspecified atom stereocenters. The smallest absolute Gasteiger partial charge is 0.240 e. The van der Waals surface area contributed by atoms with Crippen LogP contribution in [0.1, 0.15) is 24.3 Å². The van der Waals surface area contributed by atoms with E-state index < -0.39 is 11.6 Å². The number of oxazole rings is 1. The van der Waals surface area contributed by atoms with E-state index in [9.17, 15) is 13.6 Å². The van der Waals surface area contributed by atoms with Gasteiger partial charge in [-0.25, -0.2) is 13.8 Å². The second kappa shape index (κ2) is 6.22. The summed E-state index contributed by atoms with van der Waals surface area (Å²) < 4.78 is 32.5. The minimum absolute atomic E-state index is 0.0646. The van der Waals surface area contributed by atoms with Crippen LogP contribution in [-0.2, 0) is 17.8 Å². The van der Waals surface area contributed by atoms with Crippen LogP contribution < -0.4 is 0 Å². The average Bonchev–Trinajstić information content (AvgIpc) is 3.18. The van der Waals surface area contributed by atoms with Crippen LogP contribution in [0.5, 0.6) is 0 Å². The molecule has 2 aliphatic heterocycles. The number of hydrogen-bond acceptors (Lipinski definition) is 4. The van der Waals surface area contributed by atoms with Crippen LogP contribution in [0.25, 0.3) is 11.5 Å². The zero-order valence-corrected chi connectivity index (χ0v) is 14.0. The van der Waals surface area contributed by atoms with Crippen LogP contribution in [0.2, 0.25) is 0 Å². The Kier molecular flexibility index (Phi) is 4.03. The lowest BCUT2D eigenvalue weighted by Gasteiger charge is -2.30. The first-order valence-corrected chi connectivity index (χ1v) is 8.45. The van der Waals surface area contributed by atoms with Gasteiger partial charge >= 0.3 is 0 Å². The Morgan fingerprint density at radius 3 is 2.68 bits per heavy atom. The molecule has 0 bridgehead atoms. The molecule has 25 heavy (non-hydrogen) atoms. The first-order chi connectivity index (χ1) is 12.0. The highest BCUT2D eigenvalue weighted by Gasteiger charge is 2.34. The molecule has 4 rings (SSSR count). The van der Waals surface area contributed by atoms with Crippen molar-refractivity contribution in [2.75, 3.05) is 20.1 Å². The number of likely N-dealkylation sites (tertiary alicyclic amines) is 1. The highest BCUT2D eigenvalue weighted by molar-refractivity contribution is 5.82. The van der Waals surface area contributed by atoms with Crippen LogP contribution in [0.15, 0.2) is 22.6 Å². The van der Waals surface area contributed by atoms with Gasteiger partial charge in [-0.3, -0.25) is 9.69 Å². The molecule has 1 fully saturated rings. The van der Waals surface area contributed by atoms with Crippen molar-refractivity contribution in [1.29, 1.82) is 0 Å². The predicted molar refractivity (Wildman–Crippen MR) is 86.6 cm³/mol. The highest BCUT2D eigenvalue weighted by Crippen LogP contribution is 2.28. The summed E-state index contributed by atoms with van der Waals surface area (Å²) in [5, 5.41) is 0. The summed E-state index contributed by atoms with van der Waals surface area (Å²) in [4.78, 5) is 21.0. The minimum atomic E-state index is -0.674. The Morgan fingerprint density at radius 1 is 1.24 bits per heavy atom. The third-order valence-corrected chi connectivity index (χ3v) is 4.95. The van der Waals surface area contributed by atoms with Crippen molar-refractivity contribution in [3.63, 3.8) is 0 Å². The maximum atomic E-state index is 13.4. The van der Waals surface area contributed by atoms with Crippen molar-refractivity contribution in [3.05, 3.63) is 41.3 Å². The number of carbonyl (C=O) groups excluding carboxylic acids is 1. The summed E-state index contributed by atoms with van der Waals surface area (Å²) in [7, 11) is 1.97. The van der Waals surface area contributed by atoms with Crippen LogP contribution in [0, 0.1) is 11.6 Å². The van der Waals surface area contributed by atoms with E-state index in [1.54, 1.807) is 4.90 Å². The van der Waals surface area contributed by atoms with E-state index in [1.165, 1.54) is 12.1 Å². The van der Waals surface area contributed by atoms with Gasteiger partial charge in [0.05, 0.1) is 12.6 Å². The third kappa shape index (κ3) is 3.04. The molecule has 132 valence electrons. The van der Waals surface area contributed by atoms with E-state index in [0.29, 0.717) is 31.0 Å². The molecule has 1 saturated heterocycles. The first-order valence-electron chi connectivity index (χ1n) is 8.45. The fourth-order valence-electron chi connectivity index (χ4n) is 3.62. The Hall–Kier alpha value is -2.28. The van der Waals surface area contributed by atoms with Gasteiger partial charge in [-0.1, -0.05) is 0 Å². The standard InChI is InChI=1S/C18H19F2N3O2/c1-22-5-2-3-15(22)18(24)23-6-4-16-14(10-23)21-17(25-16)11-7-12(19)9-13(20)8-11/h7-9,15H,2-6,10H2,1H3/t15-/m0/s1. The van der Waals surface area contributed by atoms with Gasteiger partial charge in [0.2, 0.25) is 11.8 Å². The fourth-order valence-corrected chi connectivity index (χ4v) is 3.62. The molecule has 1 aromatic heterocycles. The lowest BCUT2D eigenvalue weighted by Crippen LogP contribution is -2.46. The number of benzene rings is 1. The first kappa shape index (κ1) is 16.2. The van der Waals surface area contributed by atoms with Gasteiger partial charge in [0.25, 0.3) is 0 Å². The molecule has 0 aliphatic carbocycles. The normalized spacial score (nSPS) is 20.8. The van der Waals surface area contributed by atoms with Crippen LogP contribution in [0.3, 0.4) is 0 Å². The average molecular weight is 347 g/mol. The molecule has 0 N–H and O–H groups in total. The van der Waals surface area contributed by atoms with Crippen LogP contribution in [0.4, 0.5) is 8.78 Å². The van der Waals surface area contributed by atoms with E-state index in [-0.39, 0.29) is 23.4 Å². The summed E-state index contributed by atoms with van der Waals surface area (Å²) in [6.07, 6.45) is 2.47. The molecular weight excluding hydrogens is 328 g/mol. The number of nitrogens with zero attached hydrogens (tertiary/aromatic N) is 3. The third-order valence-electron chi connectivity index (χ3n) is 4.95. The molecule has 1 atom stereocenters. The van der Waals surface area contributed by atoms with Crippen molar-refractivity contribution >= 4 is 5.91 Å². The lowest BCUT2D eigenvalue weighted by atomic mass is 10.1. The van der Waals surface area contributed by atoms with E-state index in [2.05, 4.69) is 9.88 Å². The van der Waals surface area contributed by atoms with Crippen molar-refractivity contribution in [1.82, 2.24) is 14.8 Å². The van der Waals surface area contributed by atoms with Crippen LogP contribution in [-0.4, -0.2) is 46.9 Å². The molecule has 1 aromatic carbocycles. The van der Waals surface area contributed by atoms with Crippen molar-refractivity contribution in [2.45, 2.75) is 31.8 Å². The highest BCUT2D eigenvalue weighted by atomic mass is 19.1. The molecule has 2 aromatic rings. The molecule has 1 amide bonds. The molecule has 2 aliphatic rings. The lowest BCUT2D eigenvalue weighted by molar-refractivity contribution is -0.136. The number of likely N-dealkylation sites (N-methyl/N-ethyl adjacent to an activating group) is 1. The summed E-state index contributed by atoms with van der Waals surface area (Å²) in [6, 6.07) is 3.13. The fraction of sp³-hybridized carbons (Fsp3) is 0.444. The molecule has 5 nitrogen and oxygen atoms in total. The molecule has 7 heteroatoms. The SMILES string of the molecule is CN1CCC[C@H]1C(=O)N1CCc2oc(-c3cc(F)cc(F)c3)nc2C1. The Morgan fingerprint density at radius 2 is 2.00 bits per heavy atom. The van der Waals surface area contributed by atoms with Gasteiger partial charge in [-0.2, -0.15) is 0 Å². The molecule has 0 spiro atoms. The van der Waals surface area contributed by atoms with Gasteiger partial charge < -0.3 is 9.32 Å². The Balaban J connectivity index is 1.56. The number of aromatic nitrogens is 1. The van der Waals surface area contributed by atoms with Gasteiger partial charge in [0.15, 0.2) is 0 Å². The second-order valence-corrected chi connectivity index (χ2v) is 6.70. The number of fused-ring (bicyclic) bond motifs is 1. The molecule has 3 heterocycles. The monoisotopic (exact) mass is 347 g/mol. The van der Waals surface area contributed by atoms with Crippen molar-refractivity contribution in [3.8, 4) is 11.5 Å². The maximum Gasteiger partial charge on any atom is 0.240 e. The molecular formula is C18H19F2N3O2. The number of carbonyl (C=O) groups is 1. The summed E-state index contributed by atoms with van der Waals surface area (Å²) >= 11 is 0.